The molecular weight excluding hydrogens is 314 g/mol. The van der Waals surface area contributed by atoms with Crippen molar-refractivity contribution in [3.05, 3.63) is 46.6 Å². The van der Waals surface area contributed by atoms with E-state index in [-0.39, 0.29) is 0 Å². The molecule has 2 heterocycles. The predicted octanol–water partition coefficient (Wildman–Crippen LogP) is 3.66. The lowest BCUT2D eigenvalue weighted by molar-refractivity contribution is 0.687. The first kappa shape index (κ1) is 15.1. The minimum Gasteiger partial charge on any atom is -0.365 e. The van der Waals surface area contributed by atoms with Gasteiger partial charge in [-0.25, -0.2) is 9.97 Å². The minimum atomic E-state index is -0.936. The average Bonchev–Trinajstić information content (AvgIpc) is 2.86. The van der Waals surface area contributed by atoms with Crippen LogP contribution < -0.4 is 5.32 Å². The molecule has 0 aliphatic heterocycles. The predicted molar refractivity (Wildman–Crippen MR) is 93.0 cm³/mol. The second-order valence-corrected chi connectivity index (χ2v) is 7.41. The normalized spacial score (nSPS) is 12.5. The Bertz CT molecular complexity index is 840. The number of hydrogen-bond acceptors (Lipinski definition) is 5. The average molecular weight is 331 g/mol. The van der Waals surface area contributed by atoms with Gasteiger partial charge in [-0.2, -0.15) is 0 Å². The fraction of sp³-hybridized carbons (Fsp3) is 0.250. The molecule has 1 atom stereocenters. The van der Waals surface area contributed by atoms with Crippen molar-refractivity contribution in [3.8, 4) is 0 Å². The molecule has 0 saturated heterocycles. The van der Waals surface area contributed by atoms with Crippen LogP contribution in [0.2, 0.25) is 0 Å². The quantitative estimate of drug-likeness (QED) is 0.793. The van der Waals surface area contributed by atoms with Crippen LogP contribution in [0.25, 0.3) is 10.2 Å². The summed E-state index contributed by atoms with van der Waals surface area (Å²) >= 11 is 1.64. The Balaban J connectivity index is 1.84. The van der Waals surface area contributed by atoms with Crippen LogP contribution in [0.5, 0.6) is 0 Å². The zero-order valence-electron chi connectivity index (χ0n) is 12.7. The maximum absolute atomic E-state index is 11.4. The monoisotopic (exact) mass is 331 g/mol. The Hall–Kier alpha value is -1.79. The van der Waals surface area contributed by atoms with E-state index >= 15 is 0 Å². The van der Waals surface area contributed by atoms with Gasteiger partial charge in [0.05, 0.1) is 5.39 Å². The van der Waals surface area contributed by atoms with Crippen molar-refractivity contribution in [2.75, 3.05) is 11.6 Å². The van der Waals surface area contributed by atoms with Gasteiger partial charge in [0.1, 0.15) is 16.5 Å². The SMILES string of the molecule is Cc1nc(NCc2ccc([S@@](C)=O)cc2)c2c(C)csc2n1. The van der Waals surface area contributed by atoms with Crippen LogP contribution in [0.15, 0.2) is 34.5 Å². The Morgan fingerprint density at radius 3 is 2.59 bits per heavy atom. The van der Waals surface area contributed by atoms with E-state index in [1.165, 1.54) is 5.56 Å². The third-order valence-electron chi connectivity index (χ3n) is 3.44. The molecule has 0 spiro atoms. The minimum absolute atomic E-state index is 0.678. The van der Waals surface area contributed by atoms with Gasteiger partial charge in [-0.05, 0) is 42.5 Å². The lowest BCUT2D eigenvalue weighted by Crippen LogP contribution is -2.04. The molecule has 2 aromatic heterocycles. The number of fused-ring (bicyclic) bond motifs is 1. The second kappa shape index (κ2) is 6.14. The highest BCUT2D eigenvalue weighted by atomic mass is 32.2. The molecule has 1 N–H and O–H groups in total. The van der Waals surface area contributed by atoms with Crippen LogP contribution in [0.3, 0.4) is 0 Å². The van der Waals surface area contributed by atoms with Gasteiger partial charge in [-0.3, -0.25) is 4.21 Å². The van der Waals surface area contributed by atoms with E-state index in [0.717, 1.165) is 32.3 Å². The first-order chi connectivity index (χ1) is 10.5. The summed E-state index contributed by atoms with van der Waals surface area (Å²) in [4.78, 5) is 10.9. The van der Waals surface area contributed by atoms with Crippen LogP contribution in [0.4, 0.5) is 5.82 Å². The van der Waals surface area contributed by atoms with Crippen LogP contribution in [0, 0.1) is 13.8 Å². The third kappa shape index (κ3) is 3.03. The Kier molecular flexibility index (Phi) is 4.22. The fourth-order valence-electron chi connectivity index (χ4n) is 2.30. The van der Waals surface area contributed by atoms with Crippen molar-refractivity contribution in [2.24, 2.45) is 0 Å². The van der Waals surface area contributed by atoms with Crippen LogP contribution >= 0.6 is 11.3 Å². The summed E-state index contributed by atoms with van der Waals surface area (Å²) in [7, 11) is -0.936. The smallest absolute Gasteiger partial charge is 0.139 e. The molecule has 6 heteroatoms. The van der Waals surface area contributed by atoms with Crippen molar-refractivity contribution in [2.45, 2.75) is 25.3 Å². The van der Waals surface area contributed by atoms with Crippen LogP contribution in [-0.4, -0.2) is 20.4 Å². The van der Waals surface area contributed by atoms with Crippen molar-refractivity contribution in [1.82, 2.24) is 9.97 Å². The van der Waals surface area contributed by atoms with Gasteiger partial charge in [-0.15, -0.1) is 11.3 Å². The summed E-state index contributed by atoms with van der Waals surface area (Å²) in [5.74, 6) is 1.65. The van der Waals surface area contributed by atoms with E-state index < -0.39 is 10.8 Å². The maximum Gasteiger partial charge on any atom is 0.139 e. The number of hydrogen-bond donors (Lipinski definition) is 1. The molecule has 114 valence electrons. The summed E-state index contributed by atoms with van der Waals surface area (Å²) in [6.07, 6.45) is 1.69. The standard InChI is InChI=1S/C16H17N3OS2/c1-10-9-21-16-14(10)15(18-11(2)19-16)17-8-12-4-6-13(7-5-12)22(3)20/h4-7,9H,8H2,1-3H3,(H,17,18,19)/t22-/m1/s1. The molecule has 0 amide bonds. The van der Waals surface area contributed by atoms with Crippen molar-refractivity contribution in [3.63, 3.8) is 0 Å². The Labute approximate surface area is 136 Å². The zero-order chi connectivity index (χ0) is 15.7. The van der Waals surface area contributed by atoms with Gasteiger partial charge >= 0.3 is 0 Å². The molecule has 0 bridgehead atoms. The highest BCUT2D eigenvalue weighted by molar-refractivity contribution is 7.84. The van der Waals surface area contributed by atoms with E-state index in [1.54, 1.807) is 17.6 Å². The van der Waals surface area contributed by atoms with E-state index in [0.29, 0.717) is 6.54 Å². The summed E-state index contributed by atoms with van der Waals surface area (Å²) in [5.41, 5.74) is 2.32. The van der Waals surface area contributed by atoms with Crippen molar-refractivity contribution in [1.29, 1.82) is 0 Å². The third-order valence-corrected chi connectivity index (χ3v) is 5.37. The summed E-state index contributed by atoms with van der Waals surface area (Å²) in [6.45, 7) is 4.66. The molecule has 3 rings (SSSR count). The second-order valence-electron chi connectivity index (χ2n) is 5.17. The number of rotatable bonds is 4. The highest BCUT2D eigenvalue weighted by Gasteiger charge is 2.10. The van der Waals surface area contributed by atoms with Gasteiger partial charge < -0.3 is 5.32 Å². The van der Waals surface area contributed by atoms with Gasteiger partial charge in [0, 0.05) is 28.5 Å². The molecular formula is C16H17N3OS2. The van der Waals surface area contributed by atoms with E-state index in [9.17, 15) is 4.21 Å². The summed E-state index contributed by atoms with van der Waals surface area (Å²) in [6, 6.07) is 7.80. The number of aromatic nitrogens is 2. The van der Waals surface area contributed by atoms with Crippen LogP contribution in [0.1, 0.15) is 17.0 Å². The van der Waals surface area contributed by atoms with Gasteiger partial charge in [0.2, 0.25) is 0 Å². The Morgan fingerprint density at radius 2 is 1.91 bits per heavy atom. The summed E-state index contributed by atoms with van der Waals surface area (Å²) < 4.78 is 11.4. The molecule has 0 aliphatic rings. The van der Waals surface area contributed by atoms with Gasteiger partial charge in [-0.1, -0.05) is 12.1 Å². The first-order valence-corrected chi connectivity index (χ1v) is 9.37. The maximum atomic E-state index is 11.4. The number of benzene rings is 1. The van der Waals surface area contributed by atoms with E-state index in [2.05, 4.69) is 27.6 Å². The first-order valence-electron chi connectivity index (χ1n) is 6.93. The van der Waals surface area contributed by atoms with Crippen molar-refractivity contribution < 1.29 is 4.21 Å². The molecule has 0 unspecified atom stereocenters. The molecule has 0 radical (unpaired) electrons. The number of nitrogens with zero attached hydrogens (tertiary/aromatic N) is 2. The van der Waals surface area contributed by atoms with Gasteiger partial charge in [0.15, 0.2) is 0 Å². The van der Waals surface area contributed by atoms with E-state index in [4.69, 9.17) is 0 Å². The zero-order valence-corrected chi connectivity index (χ0v) is 14.3. The van der Waals surface area contributed by atoms with Crippen molar-refractivity contribution >= 4 is 38.2 Å². The summed E-state index contributed by atoms with van der Waals surface area (Å²) in [5, 5.41) is 6.61. The fourth-order valence-corrected chi connectivity index (χ4v) is 3.79. The topological polar surface area (TPSA) is 54.9 Å². The molecule has 0 saturated carbocycles. The number of nitrogens with one attached hydrogen (secondary N) is 1. The number of thiophene rings is 1. The Morgan fingerprint density at radius 1 is 1.18 bits per heavy atom. The molecule has 1 aromatic carbocycles. The molecule has 4 nitrogen and oxygen atoms in total. The van der Waals surface area contributed by atoms with Crippen LogP contribution in [-0.2, 0) is 17.3 Å². The molecule has 0 aliphatic carbocycles. The highest BCUT2D eigenvalue weighted by Crippen LogP contribution is 2.29. The number of anilines is 1. The lowest BCUT2D eigenvalue weighted by Gasteiger charge is -2.09. The van der Waals surface area contributed by atoms with Gasteiger partial charge in [0.25, 0.3) is 0 Å². The number of aryl methyl sites for hydroxylation is 2. The lowest BCUT2D eigenvalue weighted by atomic mass is 10.2. The van der Waals surface area contributed by atoms with E-state index in [1.807, 2.05) is 31.2 Å². The molecule has 22 heavy (non-hydrogen) atoms. The largest absolute Gasteiger partial charge is 0.365 e. The molecule has 3 aromatic rings. The molecule has 0 fully saturated rings.